The van der Waals surface area contributed by atoms with E-state index in [2.05, 4.69) is 4.98 Å². The number of ether oxygens (including phenoxy) is 1. The predicted octanol–water partition coefficient (Wildman–Crippen LogP) is 2.65. The van der Waals surface area contributed by atoms with Crippen molar-refractivity contribution in [2.75, 3.05) is 7.11 Å². The quantitative estimate of drug-likeness (QED) is 0.651. The Morgan fingerprint density at radius 1 is 1.07 bits per heavy atom. The molecular weight excluding hydrogens is 404 g/mol. The number of phenolic OH excluding ortho intramolecular Hbond substituents is 1. The average Bonchev–Trinajstić information content (AvgIpc) is 2.76. The highest BCUT2D eigenvalue weighted by Gasteiger charge is 2.43. The zero-order chi connectivity index (χ0) is 21.3. The van der Waals surface area contributed by atoms with Gasteiger partial charge < -0.3 is 14.9 Å². The number of hydrogen-bond donors (Lipinski definition) is 2. The smallest absolute Gasteiger partial charge is 0.244 e. The minimum atomic E-state index is -3.83. The summed E-state index contributed by atoms with van der Waals surface area (Å²) in [6, 6.07) is 14.2. The van der Waals surface area contributed by atoms with Crippen LogP contribution >= 0.6 is 0 Å². The number of sulfonamides is 1. The maximum Gasteiger partial charge on any atom is 0.244 e. The van der Waals surface area contributed by atoms with Crippen molar-refractivity contribution in [2.45, 2.75) is 30.0 Å². The monoisotopic (exact) mass is 426 g/mol. The SMILES string of the molecule is COc1cc(C[C@H]2[C@@H](O)c3ccccc3S(=O)(=O)N2Cc2ccncc2)ccc1O. The van der Waals surface area contributed by atoms with Crippen molar-refractivity contribution in [1.29, 1.82) is 0 Å². The second-order valence-electron chi connectivity index (χ2n) is 7.17. The molecule has 1 aliphatic heterocycles. The molecule has 0 saturated carbocycles. The van der Waals surface area contributed by atoms with Crippen molar-refractivity contribution in [2.24, 2.45) is 0 Å². The summed E-state index contributed by atoms with van der Waals surface area (Å²) in [5.74, 6) is 0.291. The van der Waals surface area contributed by atoms with Gasteiger partial charge in [0.1, 0.15) is 0 Å². The number of methoxy groups -OCH3 is 1. The largest absolute Gasteiger partial charge is 0.504 e. The van der Waals surface area contributed by atoms with Crippen LogP contribution in [0.25, 0.3) is 0 Å². The van der Waals surface area contributed by atoms with Crippen LogP contribution in [-0.2, 0) is 23.0 Å². The molecule has 2 heterocycles. The third-order valence-electron chi connectivity index (χ3n) is 5.34. The number of pyridine rings is 1. The average molecular weight is 426 g/mol. The van der Waals surface area contributed by atoms with Crippen LogP contribution in [0.3, 0.4) is 0 Å². The lowest BCUT2D eigenvalue weighted by atomic mass is 9.95. The summed E-state index contributed by atoms with van der Waals surface area (Å²) in [6.07, 6.45) is 2.45. The first-order valence-electron chi connectivity index (χ1n) is 9.45. The van der Waals surface area contributed by atoms with Crippen molar-refractivity contribution in [3.8, 4) is 11.5 Å². The van der Waals surface area contributed by atoms with E-state index in [9.17, 15) is 18.6 Å². The standard InChI is InChI=1S/C22H22N2O5S/c1-29-20-13-16(6-7-19(20)25)12-18-22(26)17-4-2-3-5-21(17)30(27,28)24(18)14-15-8-10-23-11-9-15/h2-11,13,18,22,25-26H,12,14H2,1H3/t18-,22-/m0/s1. The molecule has 4 rings (SSSR count). The summed E-state index contributed by atoms with van der Waals surface area (Å²) in [4.78, 5) is 4.10. The van der Waals surface area contributed by atoms with E-state index in [1.165, 1.54) is 23.5 Å². The third-order valence-corrected chi connectivity index (χ3v) is 7.28. The van der Waals surface area contributed by atoms with Crippen molar-refractivity contribution in [3.05, 3.63) is 83.7 Å². The van der Waals surface area contributed by atoms with Gasteiger partial charge in [-0.1, -0.05) is 24.3 Å². The molecular formula is C22H22N2O5S. The maximum atomic E-state index is 13.5. The normalized spacial score (nSPS) is 20.5. The first-order chi connectivity index (χ1) is 14.4. The molecule has 156 valence electrons. The summed E-state index contributed by atoms with van der Waals surface area (Å²) in [5, 5.41) is 21.0. The van der Waals surface area contributed by atoms with Crippen molar-refractivity contribution in [3.63, 3.8) is 0 Å². The number of aromatic nitrogens is 1. The number of rotatable bonds is 5. The number of aliphatic hydroxyl groups excluding tert-OH is 1. The highest BCUT2D eigenvalue weighted by molar-refractivity contribution is 7.89. The fourth-order valence-electron chi connectivity index (χ4n) is 3.80. The van der Waals surface area contributed by atoms with Crippen LogP contribution in [0.2, 0.25) is 0 Å². The molecule has 2 atom stereocenters. The van der Waals surface area contributed by atoms with Crippen LogP contribution in [0.4, 0.5) is 0 Å². The van der Waals surface area contributed by atoms with Gasteiger partial charge in [-0.05, 0) is 47.9 Å². The Bertz CT molecular complexity index is 1150. The van der Waals surface area contributed by atoms with E-state index in [-0.39, 0.29) is 23.6 Å². The Kier molecular flexibility index (Phi) is 5.46. The molecule has 1 aromatic heterocycles. The number of nitrogens with zero attached hydrogens (tertiary/aromatic N) is 2. The van der Waals surface area contributed by atoms with Crippen molar-refractivity contribution < 1.29 is 23.4 Å². The zero-order valence-corrected chi connectivity index (χ0v) is 17.2. The molecule has 0 saturated heterocycles. The Morgan fingerprint density at radius 3 is 2.53 bits per heavy atom. The Labute approximate surface area is 175 Å². The van der Waals surface area contributed by atoms with E-state index in [0.29, 0.717) is 11.3 Å². The molecule has 0 unspecified atom stereocenters. The molecule has 0 bridgehead atoms. The van der Waals surface area contributed by atoms with E-state index >= 15 is 0 Å². The van der Waals surface area contributed by atoms with Gasteiger partial charge in [0.25, 0.3) is 0 Å². The number of phenols is 1. The number of hydrogen-bond acceptors (Lipinski definition) is 6. The van der Waals surface area contributed by atoms with E-state index in [1.54, 1.807) is 54.9 Å². The molecule has 2 N–H and O–H groups in total. The molecule has 0 aliphatic carbocycles. The second-order valence-corrected chi connectivity index (χ2v) is 9.03. The first-order valence-corrected chi connectivity index (χ1v) is 10.9. The maximum absolute atomic E-state index is 13.5. The lowest BCUT2D eigenvalue weighted by Crippen LogP contribution is -2.48. The summed E-state index contributed by atoms with van der Waals surface area (Å²) in [7, 11) is -2.39. The Hall–Kier alpha value is -2.94. The summed E-state index contributed by atoms with van der Waals surface area (Å²) < 4.78 is 33.4. The van der Waals surface area contributed by atoms with Gasteiger partial charge in [0, 0.05) is 24.5 Å². The molecule has 0 fully saturated rings. The summed E-state index contributed by atoms with van der Waals surface area (Å²) in [6.45, 7) is 0.107. The van der Waals surface area contributed by atoms with Crippen LogP contribution in [0.5, 0.6) is 11.5 Å². The Morgan fingerprint density at radius 2 is 1.80 bits per heavy atom. The molecule has 8 heteroatoms. The van der Waals surface area contributed by atoms with Crippen LogP contribution in [-0.4, -0.2) is 41.1 Å². The Balaban J connectivity index is 1.78. The minimum Gasteiger partial charge on any atom is -0.504 e. The summed E-state index contributed by atoms with van der Waals surface area (Å²) in [5.41, 5.74) is 1.90. The molecule has 1 aliphatic rings. The van der Waals surface area contributed by atoms with Gasteiger partial charge >= 0.3 is 0 Å². The van der Waals surface area contributed by atoms with E-state index in [1.807, 2.05) is 0 Å². The van der Waals surface area contributed by atoms with Gasteiger partial charge in [-0.15, -0.1) is 0 Å². The van der Waals surface area contributed by atoms with Gasteiger partial charge in [0.15, 0.2) is 11.5 Å². The molecule has 30 heavy (non-hydrogen) atoms. The van der Waals surface area contributed by atoms with E-state index in [0.717, 1.165) is 11.1 Å². The highest BCUT2D eigenvalue weighted by atomic mass is 32.2. The van der Waals surface area contributed by atoms with Gasteiger partial charge in [-0.3, -0.25) is 4.98 Å². The molecule has 3 aromatic rings. The molecule has 0 spiro atoms. The first kappa shape index (κ1) is 20.3. The predicted molar refractivity (Wildman–Crippen MR) is 111 cm³/mol. The van der Waals surface area contributed by atoms with Crippen molar-refractivity contribution in [1.82, 2.24) is 9.29 Å². The minimum absolute atomic E-state index is 0.00273. The fourth-order valence-corrected chi connectivity index (χ4v) is 5.66. The van der Waals surface area contributed by atoms with Crippen molar-refractivity contribution >= 4 is 10.0 Å². The number of aliphatic hydroxyl groups is 1. The van der Waals surface area contributed by atoms with Crippen LogP contribution in [0.15, 0.2) is 71.9 Å². The van der Waals surface area contributed by atoms with Crippen LogP contribution in [0, 0.1) is 0 Å². The molecule has 0 amide bonds. The number of benzene rings is 2. The van der Waals surface area contributed by atoms with E-state index < -0.39 is 22.2 Å². The fraction of sp³-hybridized carbons (Fsp3) is 0.227. The van der Waals surface area contributed by atoms with Gasteiger partial charge in [0.05, 0.1) is 24.2 Å². The molecule has 2 aromatic carbocycles. The molecule has 0 radical (unpaired) electrons. The topological polar surface area (TPSA) is 100.0 Å². The van der Waals surface area contributed by atoms with Gasteiger partial charge in [0.2, 0.25) is 10.0 Å². The third kappa shape index (κ3) is 3.65. The molecule has 7 nitrogen and oxygen atoms in total. The summed E-state index contributed by atoms with van der Waals surface area (Å²) >= 11 is 0. The number of fused-ring (bicyclic) bond motifs is 1. The zero-order valence-electron chi connectivity index (χ0n) is 16.3. The lowest BCUT2D eigenvalue weighted by molar-refractivity contribution is 0.0769. The lowest BCUT2D eigenvalue weighted by Gasteiger charge is -2.39. The number of aromatic hydroxyl groups is 1. The van der Waals surface area contributed by atoms with Crippen LogP contribution in [0.1, 0.15) is 22.8 Å². The van der Waals surface area contributed by atoms with Crippen LogP contribution < -0.4 is 4.74 Å². The van der Waals surface area contributed by atoms with Gasteiger partial charge in [-0.2, -0.15) is 4.31 Å². The van der Waals surface area contributed by atoms with Gasteiger partial charge in [-0.25, -0.2) is 8.42 Å². The van der Waals surface area contributed by atoms with E-state index in [4.69, 9.17) is 4.74 Å². The highest BCUT2D eigenvalue weighted by Crippen LogP contribution is 2.39. The second kappa shape index (κ2) is 8.06.